The molecule has 0 N–H and O–H groups in total. The quantitative estimate of drug-likeness (QED) is 0.353. The zero-order valence-corrected chi connectivity index (χ0v) is 15.6. The lowest BCUT2D eigenvalue weighted by Crippen LogP contribution is -2.41. The molecule has 0 bridgehead atoms. The number of unbranched alkanes of at least 4 members (excludes halogenated alkanes) is 1. The van der Waals surface area contributed by atoms with Gasteiger partial charge in [-0.1, -0.05) is 55.3 Å². The van der Waals surface area contributed by atoms with E-state index < -0.39 is 17.4 Å². The summed E-state index contributed by atoms with van der Waals surface area (Å²) in [4.78, 5) is 24.9. The van der Waals surface area contributed by atoms with Crippen molar-refractivity contribution in [2.24, 2.45) is 5.41 Å². The number of esters is 2. The minimum absolute atomic E-state index is 0.149. The van der Waals surface area contributed by atoms with Crippen LogP contribution in [0.2, 0.25) is 0 Å². The molecular formula is C18H25BrO4. The number of hydrogen-bond donors (Lipinski definition) is 0. The van der Waals surface area contributed by atoms with Crippen molar-refractivity contribution in [2.45, 2.75) is 53.1 Å². The first-order valence-corrected chi connectivity index (χ1v) is 8.88. The monoisotopic (exact) mass is 384 g/mol. The summed E-state index contributed by atoms with van der Waals surface area (Å²) in [6, 6.07) is 7.51. The smallest absolute Gasteiger partial charge is 0.323 e. The Kier molecular flexibility index (Phi) is 8.31. The van der Waals surface area contributed by atoms with E-state index >= 15 is 0 Å². The predicted octanol–water partition coefficient (Wildman–Crippen LogP) is 4.64. The first-order chi connectivity index (χ1) is 11.0. The van der Waals surface area contributed by atoms with Gasteiger partial charge in [0.05, 0.1) is 6.61 Å². The standard InChI is InChI=1S/C18H25BrO4/c1-4-7-12-22-16(20)18(5-2,6-3)17(21)23-13-14-8-10-15(19)11-9-14/h8-11H,4-7,12-13H2,1-3H3. The fourth-order valence-electron chi connectivity index (χ4n) is 2.23. The van der Waals surface area contributed by atoms with Gasteiger partial charge >= 0.3 is 11.9 Å². The highest BCUT2D eigenvalue weighted by atomic mass is 79.9. The lowest BCUT2D eigenvalue weighted by atomic mass is 9.82. The molecule has 0 spiro atoms. The molecule has 1 rings (SSSR count). The summed E-state index contributed by atoms with van der Waals surface area (Å²) >= 11 is 3.36. The predicted molar refractivity (Wildman–Crippen MR) is 92.8 cm³/mol. The highest BCUT2D eigenvalue weighted by Crippen LogP contribution is 2.30. The Hall–Kier alpha value is -1.36. The molecule has 0 radical (unpaired) electrons. The minimum atomic E-state index is -1.21. The van der Waals surface area contributed by atoms with Crippen LogP contribution in [0.15, 0.2) is 28.7 Å². The molecule has 5 heteroatoms. The van der Waals surface area contributed by atoms with E-state index in [1.165, 1.54) is 0 Å². The first-order valence-electron chi connectivity index (χ1n) is 8.09. The van der Waals surface area contributed by atoms with Gasteiger partial charge in [-0.15, -0.1) is 0 Å². The number of benzene rings is 1. The summed E-state index contributed by atoms with van der Waals surface area (Å²) < 4.78 is 11.6. The Morgan fingerprint density at radius 2 is 1.57 bits per heavy atom. The maximum Gasteiger partial charge on any atom is 0.323 e. The second kappa shape index (κ2) is 9.71. The fraction of sp³-hybridized carbons (Fsp3) is 0.556. The minimum Gasteiger partial charge on any atom is -0.465 e. The zero-order valence-electron chi connectivity index (χ0n) is 14.1. The lowest BCUT2D eigenvalue weighted by molar-refractivity contribution is -0.174. The largest absolute Gasteiger partial charge is 0.465 e. The van der Waals surface area contributed by atoms with E-state index in [9.17, 15) is 9.59 Å². The van der Waals surface area contributed by atoms with E-state index in [2.05, 4.69) is 15.9 Å². The zero-order chi connectivity index (χ0) is 17.3. The van der Waals surface area contributed by atoms with Crippen LogP contribution in [0, 0.1) is 5.41 Å². The average Bonchev–Trinajstić information content (AvgIpc) is 2.56. The third kappa shape index (κ3) is 5.34. The molecule has 1 aromatic carbocycles. The Bertz CT molecular complexity index is 506. The average molecular weight is 385 g/mol. The Balaban J connectivity index is 2.72. The third-order valence-corrected chi connectivity index (χ3v) is 4.53. The molecule has 0 amide bonds. The van der Waals surface area contributed by atoms with Crippen LogP contribution < -0.4 is 0 Å². The Labute approximate surface area is 146 Å². The van der Waals surface area contributed by atoms with Crippen molar-refractivity contribution in [3.05, 3.63) is 34.3 Å². The molecule has 0 unspecified atom stereocenters. The summed E-state index contributed by atoms with van der Waals surface area (Å²) in [5.74, 6) is -0.983. The van der Waals surface area contributed by atoms with Crippen LogP contribution in [-0.2, 0) is 25.7 Å². The highest BCUT2D eigenvalue weighted by molar-refractivity contribution is 9.10. The number of ether oxygens (including phenoxy) is 2. The molecule has 0 aromatic heterocycles. The number of carbonyl (C=O) groups is 2. The van der Waals surface area contributed by atoms with Crippen LogP contribution in [-0.4, -0.2) is 18.5 Å². The van der Waals surface area contributed by atoms with Gasteiger partial charge in [0.25, 0.3) is 0 Å². The summed E-state index contributed by atoms with van der Waals surface area (Å²) in [5, 5.41) is 0. The van der Waals surface area contributed by atoms with Gasteiger partial charge < -0.3 is 9.47 Å². The summed E-state index contributed by atoms with van der Waals surface area (Å²) in [7, 11) is 0. The highest BCUT2D eigenvalue weighted by Gasteiger charge is 2.45. The molecule has 0 saturated heterocycles. The van der Waals surface area contributed by atoms with Crippen LogP contribution in [0.5, 0.6) is 0 Å². The maximum atomic E-state index is 12.5. The molecule has 0 aliphatic heterocycles. The second-order valence-corrected chi connectivity index (χ2v) is 6.40. The molecule has 1 aromatic rings. The fourth-order valence-corrected chi connectivity index (χ4v) is 2.49. The van der Waals surface area contributed by atoms with Gasteiger partial charge in [0.1, 0.15) is 6.61 Å². The second-order valence-electron chi connectivity index (χ2n) is 5.48. The van der Waals surface area contributed by atoms with Crippen LogP contribution in [0.3, 0.4) is 0 Å². The van der Waals surface area contributed by atoms with Crippen molar-refractivity contribution in [1.29, 1.82) is 0 Å². The molecule has 4 nitrogen and oxygen atoms in total. The molecule has 0 aliphatic carbocycles. The van der Waals surface area contributed by atoms with Crippen molar-refractivity contribution in [1.82, 2.24) is 0 Å². The van der Waals surface area contributed by atoms with E-state index in [1.54, 1.807) is 0 Å². The van der Waals surface area contributed by atoms with Gasteiger partial charge in [0, 0.05) is 4.47 Å². The lowest BCUT2D eigenvalue weighted by Gasteiger charge is -2.27. The van der Waals surface area contributed by atoms with Crippen molar-refractivity contribution < 1.29 is 19.1 Å². The molecule has 0 fully saturated rings. The summed E-state index contributed by atoms with van der Waals surface area (Å²) in [5.41, 5.74) is -0.328. The maximum absolute atomic E-state index is 12.5. The van der Waals surface area contributed by atoms with E-state index in [4.69, 9.17) is 9.47 Å². The van der Waals surface area contributed by atoms with Crippen molar-refractivity contribution in [3.8, 4) is 0 Å². The number of halogens is 1. The molecule has 0 aliphatic rings. The van der Waals surface area contributed by atoms with Crippen molar-refractivity contribution >= 4 is 27.9 Å². The van der Waals surface area contributed by atoms with Crippen molar-refractivity contribution in [3.63, 3.8) is 0 Å². The van der Waals surface area contributed by atoms with E-state index in [0.29, 0.717) is 19.4 Å². The van der Waals surface area contributed by atoms with Crippen LogP contribution >= 0.6 is 15.9 Å². The van der Waals surface area contributed by atoms with Crippen LogP contribution in [0.1, 0.15) is 52.0 Å². The van der Waals surface area contributed by atoms with Gasteiger partial charge in [0.2, 0.25) is 0 Å². The Morgan fingerprint density at radius 1 is 1.00 bits per heavy atom. The van der Waals surface area contributed by atoms with Gasteiger partial charge in [-0.05, 0) is 37.0 Å². The van der Waals surface area contributed by atoms with Gasteiger partial charge in [0.15, 0.2) is 5.41 Å². The summed E-state index contributed by atoms with van der Waals surface area (Å²) in [6.07, 6.45) is 2.47. The van der Waals surface area contributed by atoms with Gasteiger partial charge in [-0.3, -0.25) is 9.59 Å². The third-order valence-electron chi connectivity index (χ3n) is 4.00. The van der Waals surface area contributed by atoms with E-state index in [0.717, 1.165) is 22.9 Å². The van der Waals surface area contributed by atoms with Gasteiger partial charge in [-0.25, -0.2) is 0 Å². The molecule has 128 valence electrons. The van der Waals surface area contributed by atoms with Crippen molar-refractivity contribution in [2.75, 3.05) is 6.61 Å². The number of hydrogen-bond acceptors (Lipinski definition) is 4. The van der Waals surface area contributed by atoms with Gasteiger partial charge in [-0.2, -0.15) is 0 Å². The molecule has 23 heavy (non-hydrogen) atoms. The van der Waals surface area contributed by atoms with Crippen LogP contribution in [0.25, 0.3) is 0 Å². The molecule has 0 heterocycles. The topological polar surface area (TPSA) is 52.6 Å². The first kappa shape index (κ1) is 19.7. The number of carbonyl (C=O) groups excluding carboxylic acids is 2. The molecule has 0 saturated carbocycles. The molecule has 0 atom stereocenters. The molecular weight excluding hydrogens is 360 g/mol. The SMILES string of the molecule is CCCCOC(=O)C(CC)(CC)C(=O)OCc1ccc(Br)cc1. The Morgan fingerprint density at radius 3 is 2.09 bits per heavy atom. The van der Waals surface area contributed by atoms with E-state index in [-0.39, 0.29) is 6.61 Å². The normalized spacial score (nSPS) is 11.1. The van der Waals surface area contributed by atoms with Crippen LogP contribution in [0.4, 0.5) is 0 Å². The summed E-state index contributed by atoms with van der Waals surface area (Å²) in [6.45, 7) is 6.14. The number of rotatable bonds is 9. The van der Waals surface area contributed by atoms with E-state index in [1.807, 2.05) is 45.0 Å².